The minimum atomic E-state index is -4.90. The predicted molar refractivity (Wildman–Crippen MR) is 119 cm³/mol. The number of rotatable bonds is 7. The molecule has 0 bridgehead atoms. The maximum absolute atomic E-state index is 14.9. The highest BCUT2D eigenvalue weighted by molar-refractivity contribution is 5.96. The van der Waals surface area contributed by atoms with Crippen molar-refractivity contribution in [1.82, 2.24) is 4.98 Å². The average Bonchev–Trinajstić information content (AvgIpc) is 3.08. The van der Waals surface area contributed by atoms with Crippen molar-refractivity contribution in [2.24, 2.45) is 17.6 Å². The van der Waals surface area contributed by atoms with Crippen LogP contribution < -0.4 is 15.8 Å². The fourth-order valence-electron chi connectivity index (χ4n) is 4.39. The van der Waals surface area contributed by atoms with Gasteiger partial charge in [0.1, 0.15) is 11.8 Å². The Morgan fingerprint density at radius 2 is 1.92 bits per heavy atom. The second-order valence-electron chi connectivity index (χ2n) is 9.24. The maximum Gasteiger partial charge on any atom is 0.417 e. The molecule has 2 aromatic rings. The van der Waals surface area contributed by atoms with Gasteiger partial charge in [-0.25, -0.2) is 9.37 Å². The van der Waals surface area contributed by atoms with Gasteiger partial charge >= 0.3 is 6.18 Å². The molecule has 0 saturated carbocycles. The lowest BCUT2D eigenvalue weighted by molar-refractivity contribution is -0.272. The van der Waals surface area contributed by atoms with Gasteiger partial charge in [0.15, 0.2) is 17.2 Å². The summed E-state index contributed by atoms with van der Waals surface area (Å²) in [4.78, 5) is 28.2. The van der Waals surface area contributed by atoms with Crippen molar-refractivity contribution in [2.75, 3.05) is 25.1 Å². The van der Waals surface area contributed by atoms with Gasteiger partial charge in [0.2, 0.25) is 5.82 Å². The van der Waals surface area contributed by atoms with E-state index in [9.17, 15) is 31.5 Å². The third-order valence-electron chi connectivity index (χ3n) is 6.82. The normalized spacial score (nSPS) is 26.0. The van der Waals surface area contributed by atoms with E-state index in [1.807, 2.05) is 0 Å². The molecule has 0 unspecified atom stereocenters. The van der Waals surface area contributed by atoms with E-state index in [0.29, 0.717) is 13.2 Å². The molecule has 0 aliphatic carbocycles. The molecule has 3 N–H and O–H groups in total. The molecule has 8 nitrogen and oxygen atoms in total. The van der Waals surface area contributed by atoms with Gasteiger partial charge in [0.25, 0.3) is 11.8 Å². The molecule has 2 fully saturated rings. The zero-order chi connectivity index (χ0) is 27.1. The first-order valence-electron chi connectivity index (χ1n) is 11.3. The summed E-state index contributed by atoms with van der Waals surface area (Å²) in [5.74, 6) is -7.88. The van der Waals surface area contributed by atoms with Gasteiger partial charge in [0.05, 0.1) is 31.7 Å². The average molecular weight is 529 g/mol. The SMILES string of the molecule is C[C@H]1[C@@H](c2ccc(F)c(F)c2OCC2COC2)[C@H](C(=O)Nc2ccc(C(N)=O)nc2)O[C@@]1(C)C(F)(F)F. The Morgan fingerprint density at radius 3 is 2.46 bits per heavy atom. The molecular formula is C24H24F5N3O5. The summed E-state index contributed by atoms with van der Waals surface area (Å²) in [7, 11) is 0. The van der Waals surface area contributed by atoms with Crippen LogP contribution in [-0.4, -0.2) is 54.5 Å². The van der Waals surface area contributed by atoms with Crippen molar-refractivity contribution in [3.63, 3.8) is 0 Å². The molecule has 2 aliphatic heterocycles. The maximum atomic E-state index is 14.9. The van der Waals surface area contributed by atoms with Gasteiger partial charge in [-0.15, -0.1) is 0 Å². The summed E-state index contributed by atoms with van der Waals surface area (Å²) >= 11 is 0. The number of carbonyl (C=O) groups is 2. The first-order chi connectivity index (χ1) is 17.3. The van der Waals surface area contributed by atoms with Gasteiger partial charge in [-0.3, -0.25) is 9.59 Å². The van der Waals surface area contributed by atoms with Crippen LogP contribution in [0.1, 0.15) is 35.8 Å². The van der Waals surface area contributed by atoms with E-state index in [4.69, 9.17) is 19.9 Å². The Morgan fingerprint density at radius 1 is 1.22 bits per heavy atom. The molecule has 4 rings (SSSR count). The van der Waals surface area contributed by atoms with Crippen molar-refractivity contribution >= 4 is 17.5 Å². The number of hydrogen-bond acceptors (Lipinski definition) is 6. The Labute approximate surface area is 208 Å². The van der Waals surface area contributed by atoms with Crippen molar-refractivity contribution in [2.45, 2.75) is 37.6 Å². The number of anilines is 1. The molecule has 200 valence electrons. The lowest BCUT2D eigenvalue weighted by atomic mass is 9.77. The van der Waals surface area contributed by atoms with Crippen LogP contribution in [0.15, 0.2) is 30.5 Å². The van der Waals surface area contributed by atoms with Crippen molar-refractivity contribution in [1.29, 1.82) is 0 Å². The standard InChI is InChI=1S/C24H24F5N3O5/c1-11-17(14-4-5-15(25)18(26)19(14)36-10-12-8-35-9-12)20(37-23(11,2)24(27,28)29)22(34)32-13-3-6-16(21(30)33)31-7-13/h3-7,11-12,17,20H,8-10H2,1-2H3,(H2,30,33)(H,32,34)/t11-,17-,20+,23+/m0/s1. The van der Waals surface area contributed by atoms with Crippen LogP contribution in [0.2, 0.25) is 0 Å². The van der Waals surface area contributed by atoms with Gasteiger partial charge in [-0.1, -0.05) is 13.0 Å². The first kappa shape index (κ1) is 26.7. The Kier molecular flexibility index (Phi) is 7.12. The van der Waals surface area contributed by atoms with E-state index in [0.717, 1.165) is 25.3 Å². The highest BCUT2D eigenvalue weighted by Gasteiger charge is 2.66. The summed E-state index contributed by atoms with van der Waals surface area (Å²) in [6, 6.07) is 4.37. The summed E-state index contributed by atoms with van der Waals surface area (Å²) in [5.41, 5.74) is 2.17. The molecule has 37 heavy (non-hydrogen) atoms. The zero-order valence-corrected chi connectivity index (χ0v) is 19.8. The molecule has 2 aliphatic rings. The molecule has 13 heteroatoms. The summed E-state index contributed by atoms with van der Waals surface area (Å²) in [6.45, 7) is 2.65. The third-order valence-corrected chi connectivity index (χ3v) is 6.82. The van der Waals surface area contributed by atoms with E-state index in [1.165, 1.54) is 19.1 Å². The fourth-order valence-corrected chi connectivity index (χ4v) is 4.39. The lowest BCUT2D eigenvalue weighted by Crippen LogP contribution is -2.47. The van der Waals surface area contributed by atoms with Gasteiger partial charge in [0, 0.05) is 23.3 Å². The second-order valence-corrected chi connectivity index (χ2v) is 9.24. The largest absolute Gasteiger partial charge is 0.490 e. The van der Waals surface area contributed by atoms with Crippen LogP contribution in [0.25, 0.3) is 0 Å². The van der Waals surface area contributed by atoms with Gasteiger partial charge in [-0.2, -0.15) is 17.6 Å². The highest BCUT2D eigenvalue weighted by atomic mass is 19.4. The fraction of sp³-hybridized carbons (Fsp3) is 0.458. The number of nitrogens with one attached hydrogen (secondary N) is 1. The molecule has 1 aromatic heterocycles. The number of pyridine rings is 1. The van der Waals surface area contributed by atoms with Crippen molar-refractivity contribution < 1.29 is 45.8 Å². The minimum Gasteiger partial charge on any atom is -0.490 e. The molecular weight excluding hydrogens is 505 g/mol. The smallest absolute Gasteiger partial charge is 0.417 e. The molecule has 0 radical (unpaired) electrons. The second kappa shape index (κ2) is 9.86. The number of hydrogen-bond donors (Lipinski definition) is 2. The number of aromatic nitrogens is 1. The predicted octanol–water partition coefficient (Wildman–Crippen LogP) is 3.56. The van der Waals surface area contributed by atoms with Crippen molar-refractivity contribution in [3.8, 4) is 5.75 Å². The number of alkyl halides is 3. The third kappa shape index (κ3) is 4.97. The van der Waals surface area contributed by atoms with Crippen LogP contribution in [0, 0.1) is 23.5 Å². The van der Waals surface area contributed by atoms with Crippen LogP contribution in [0.3, 0.4) is 0 Å². The minimum absolute atomic E-state index is 0.0531. The van der Waals surface area contributed by atoms with Crippen LogP contribution in [0.5, 0.6) is 5.75 Å². The number of ether oxygens (including phenoxy) is 3. The van der Waals surface area contributed by atoms with Gasteiger partial charge in [-0.05, 0) is 25.1 Å². The number of carbonyl (C=O) groups excluding carboxylic acids is 2. The van der Waals surface area contributed by atoms with E-state index < -0.39 is 58.9 Å². The highest BCUT2D eigenvalue weighted by Crippen LogP contribution is 2.55. The van der Waals surface area contributed by atoms with Crippen molar-refractivity contribution in [3.05, 3.63) is 53.4 Å². The van der Waals surface area contributed by atoms with Crippen LogP contribution >= 0.6 is 0 Å². The number of primary amides is 1. The van der Waals surface area contributed by atoms with Crippen LogP contribution in [-0.2, 0) is 14.3 Å². The number of halogens is 5. The van der Waals surface area contributed by atoms with Gasteiger partial charge < -0.3 is 25.3 Å². The number of amides is 2. The monoisotopic (exact) mass is 529 g/mol. The quantitative estimate of drug-likeness (QED) is 0.531. The van der Waals surface area contributed by atoms with E-state index in [1.54, 1.807) is 0 Å². The molecule has 2 amide bonds. The number of nitrogens with zero attached hydrogens (tertiary/aromatic N) is 1. The van der Waals surface area contributed by atoms with E-state index in [-0.39, 0.29) is 29.5 Å². The van der Waals surface area contributed by atoms with Crippen LogP contribution in [0.4, 0.5) is 27.6 Å². The topological polar surface area (TPSA) is 113 Å². The molecule has 4 atom stereocenters. The Balaban J connectivity index is 1.71. The lowest BCUT2D eigenvalue weighted by Gasteiger charge is -2.32. The molecule has 2 saturated heterocycles. The zero-order valence-electron chi connectivity index (χ0n) is 19.8. The summed E-state index contributed by atoms with van der Waals surface area (Å²) < 4.78 is 87.3. The summed E-state index contributed by atoms with van der Waals surface area (Å²) in [6.07, 6.45) is -5.56. The van der Waals surface area contributed by atoms with E-state index >= 15 is 0 Å². The molecule has 1 aromatic carbocycles. The van der Waals surface area contributed by atoms with E-state index in [2.05, 4.69) is 10.3 Å². The Hall–Kier alpha value is -3.32. The summed E-state index contributed by atoms with van der Waals surface area (Å²) in [5, 5.41) is 2.40. The number of benzene rings is 1. The Bertz CT molecular complexity index is 1190. The molecule has 3 heterocycles. The number of nitrogens with two attached hydrogens (primary N) is 1. The molecule has 0 spiro atoms. The first-order valence-corrected chi connectivity index (χ1v) is 11.3.